The van der Waals surface area contributed by atoms with Crippen LogP contribution in [0.25, 0.3) is 10.8 Å². The van der Waals surface area contributed by atoms with Crippen LogP contribution in [0.5, 0.6) is 0 Å². The fourth-order valence-corrected chi connectivity index (χ4v) is 6.20. The molecule has 4 heteroatoms. The summed E-state index contributed by atoms with van der Waals surface area (Å²) in [5.74, 6) is 0.136. The molecule has 26 heavy (non-hydrogen) atoms. The fraction of sp³-hybridized carbons (Fsp3) is 0.545. The minimum atomic E-state index is 0.136. The maximum absolute atomic E-state index is 13.7. The molecule has 3 heterocycles. The van der Waals surface area contributed by atoms with Gasteiger partial charge in [0.15, 0.2) is 0 Å². The van der Waals surface area contributed by atoms with E-state index < -0.39 is 0 Å². The lowest BCUT2D eigenvalue weighted by Gasteiger charge is -2.44. The molecule has 4 atom stereocenters. The van der Waals surface area contributed by atoms with Crippen molar-refractivity contribution in [1.29, 1.82) is 0 Å². The van der Waals surface area contributed by atoms with Gasteiger partial charge in [-0.05, 0) is 37.8 Å². The van der Waals surface area contributed by atoms with Gasteiger partial charge in [-0.1, -0.05) is 44.0 Å². The number of rotatable bonds is 1. The Bertz CT molecular complexity index is 860. The second kappa shape index (κ2) is 5.78. The van der Waals surface area contributed by atoms with Crippen molar-refractivity contribution in [3.8, 4) is 0 Å². The van der Waals surface area contributed by atoms with Crippen LogP contribution in [0.3, 0.4) is 0 Å². The quantitative estimate of drug-likeness (QED) is 0.787. The van der Waals surface area contributed by atoms with Crippen LogP contribution in [0.2, 0.25) is 0 Å². The van der Waals surface area contributed by atoms with Crippen LogP contribution < -0.4 is 0 Å². The largest absolute Gasteiger partial charge is 0.329 e. The molecule has 2 aliphatic heterocycles. The molecule has 1 amide bonds. The van der Waals surface area contributed by atoms with Crippen molar-refractivity contribution in [1.82, 2.24) is 14.8 Å². The third-order valence-electron chi connectivity index (χ3n) is 7.27. The molecule has 1 aliphatic carbocycles. The summed E-state index contributed by atoms with van der Waals surface area (Å²) in [6, 6.07) is 11.4. The summed E-state index contributed by atoms with van der Waals surface area (Å²) in [4.78, 5) is 23.0. The summed E-state index contributed by atoms with van der Waals surface area (Å²) >= 11 is 0. The van der Waals surface area contributed by atoms with E-state index in [0.717, 1.165) is 30.2 Å². The van der Waals surface area contributed by atoms with E-state index in [1.54, 1.807) is 6.20 Å². The number of hydrogen-bond donors (Lipinski definition) is 0. The number of carbonyl (C=O) groups is 1. The van der Waals surface area contributed by atoms with Gasteiger partial charge in [-0.15, -0.1) is 0 Å². The molecule has 0 unspecified atom stereocenters. The van der Waals surface area contributed by atoms with E-state index in [0.29, 0.717) is 23.8 Å². The minimum Gasteiger partial charge on any atom is -0.329 e. The SMILES string of the molecule is CN1C[C@@H]2C[C@@]3(C)[C@H](CCCC[C@@H]13)N2C(=O)c1nccc2ccccc12. The first-order valence-corrected chi connectivity index (χ1v) is 9.96. The van der Waals surface area contributed by atoms with Crippen molar-refractivity contribution in [3.05, 3.63) is 42.2 Å². The highest BCUT2D eigenvalue weighted by molar-refractivity contribution is 6.05. The Labute approximate surface area is 155 Å². The van der Waals surface area contributed by atoms with Crippen molar-refractivity contribution in [2.45, 2.75) is 57.2 Å². The Kier molecular flexibility index (Phi) is 3.61. The standard InChI is InChI=1S/C22H27N3O/c1-22-13-16-14-24(2)18(22)9-5-6-10-19(22)25(16)21(26)20-17-8-4-3-7-15(17)11-12-23-20/h3-4,7-8,11-12,16,18-19H,5-6,9-10,13-14H2,1-2H3/t16-,18+,19-,22+/m0/s1. The number of benzene rings is 1. The Balaban J connectivity index is 1.60. The van der Waals surface area contributed by atoms with Crippen molar-refractivity contribution in [3.63, 3.8) is 0 Å². The average molecular weight is 349 g/mol. The lowest BCUT2D eigenvalue weighted by molar-refractivity contribution is 0.0577. The number of likely N-dealkylation sites (tertiary alicyclic amines) is 2. The Hall–Kier alpha value is -1.94. The van der Waals surface area contributed by atoms with Crippen LogP contribution in [-0.4, -0.2) is 52.4 Å². The van der Waals surface area contributed by atoms with Crippen LogP contribution in [0.1, 0.15) is 49.5 Å². The number of hydrogen-bond acceptors (Lipinski definition) is 3. The van der Waals surface area contributed by atoms with Crippen LogP contribution in [0.15, 0.2) is 36.5 Å². The predicted molar refractivity (Wildman–Crippen MR) is 103 cm³/mol. The summed E-state index contributed by atoms with van der Waals surface area (Å²) in [6.07, 6.45) is 7.83. The third-order valence-corrected chi connectivity index (χ3v) is 7.27. The van der Waals surface area contributed by atoms with E-state index in [1.807, 2.05) is 24.3 Å². The zero-order valence-corrected chi connectivity index (χ0v) is 15.7. The minimum absolute atomic E-state index is 0.136. The van der Waals surface area contributed by atoms with Crippen molar-refractivity contribution in [2.75, 3.05) is 13.6 Å². The molecule has 0 spiro atoms. The molecule has 136 valence electrons. The van der Waals surface area contributed by atoms with Crippen LogP contribution in [0.4, 0.5) is 0 Å². The van der Waals surface area contributed by atoms with Crippen LogP contribution >= 0.6 is 0 Å². The molecule has 5 rings (SSSR count). The van der Waals surface area contributed by atoms with Gasteiger partial charge < -0.3 is 9.80 Å². The van der Waals surface area contributed by atoms with Gasteiger partial charge in [-0.3, -0.25) is 9.78 Å². The van der Waals surface area contributed by atoms with Crippen molar-refractivity contribution >= 4 is 16.7 Å². The van der Waals surface area contributed by atoms with E-state index in [9.17, 15) is 4.79 Å². The second-order valence-electron chi connectivity index (χ2n) is 8.71. The topological polar surface area (TPSA) is 36.4 Å². The molecule has 2 aromatic rings. The number of carbonyl (C=O) groups excluding carboxylic acids is 1. The Morgan fingerprint density at radius 1 is 1.15 bits per heavy atom. The van der Waals surface area contributed by atoms with Crippen LogP contribution in [0, 0.1) is 5.41 Å². The summed E-state index contributed by atoms with van der Waals surface area (Å²) in [5, 5.41) is 2.07. The molecule has 1 aromatic carbocycles. The molecule has 3 aliphatic rings. The molecule has 1 aromatic heterocycles. The van der Waals surface area contributed by atoms with E-state index in [2.05, 4.69) is 34.8 Å². The molecule has 0 N–H and O–H groups in total. The number of nitrogens with zero attached hydrogens (tertiary/aromatic N) is 3. The smallest absolute Gasteiger partial charge is 0.273 e. The van der Waals surface area contributed by atoms with Crippen LogP contribution in [-0.2, 0) is 0 Å². The first-order valence-electron chi connectivity index (χ1n) is 9.96. The highest BCUT2D eigenvalue weighted by atomic mass is 16.2. The molecule has 2 saturated heterocycles. The van der Waals surface area contributed by atoms with E-state index in [-0.39, 0.29) is 11.3 Å². The molecular formula is C22H27N3O. The predicted octanol–water partition coefficient (Wildman–Crippen LogP) is 3.71. The summed E-state index contributed by atoms with van der Waals surface area (Å²) in [6.45, 7) is 3.42. The number of pyridine rings is 1. The summed E-state index contributed by atoms with van der Waals surface area (Å²) < 4.78 is 0. The summed E-state index contributed by atoms with van der Waals surface area (Å²) in [5.41, 5.74) is 0.844. The van der Waals surface area contributed by atoms with Gasteiger partial charge in [0.05, 0.1) is 0 Å². The number of aromatic nitrogens is 1. The molecule has 3 fully saturated rings. The first kappa shape index (κ1) is 16.2. The Morgan fingerprint density at radius 2 is 1.92 bits per heavy atom. The highest BCUT2D eigenvalue weighted by Gasteiger charge is 2.59. The summed E-state index contributed by atoms with van der Waals surface area (Å²) in [7, 11) is 2.25. The second-order valence-corrected chi connectivity index (χ2v) is 8.71. The van der Waals surface area contributed by atoms with E-state index in [4.69, 9.17) is 0 Å². The molecule has 1 saturated carbocycles. The number of likely N-dealkylation sites (N-methyl/N-ethyl adjacent to an activating group) is 1. The first-order chi connectivity index (χ1) is 12.6. The van der Waals surface area contributed by atoms with Crippen molar-refractivity contribution in [2.24, 2.45) is 5.41 Å². The van der Waals surface area contributed by atoms with Gasteiger partial charge in [-0.25, -0.2) is 0 Å². The molecular weight excluding hydrogens is 322 g/mol. The fourth-order valence-electron chi connectivity index (χ4n) is 6.20. The molecule has 2 bridgehead atoms. The maximum atomic E-state index is 13.7. The molecule has 0 radical (unpaired) electrons. The lowest BCUT2D eigenvalue weighted by Crippen LogP contribution is -2.51. The number of amides is 1. The van der Waals surface area contributed by atoms with E-state index >= 15 is 0 Å². The van der Waals surface area contributed by atoms with Gasteiger partial charge in [0, 0.05) is 41.7 Å². The van der Waals surface area contributed by atoms with E-state index in [1.165, 1.54) is 19.3 Å². The maximum Gasteiger partial charge on any atom is 0.273 e. The van der Waals surface area contributed by atoms with Crippen molar-refractivity contribution < 1.29 is 4.79 Å². The zero-order valence-electron chi connectivity index (χ0n) is 15.7. The van der Waals surface area contributed by atoms with Gasteiger partial charge in [0.2, 0.25) is 0 Å². The highest BCUT2D eigenvalue weighted by Crippen LogP contribution is 2.53. The lowest BCUT2D eigenvalue weighted by atomic mass is 9.71. The Morgan fingerprint density at radius 3 is 2.77 bits per heavy atom. The third kappa shape index (κ3) is 2.18. The number of piperidine rings is 1. The molecule has 4 nitrogen and oxygen atoms in total. The van der Waals surface area contributed by atoms with Gasteiger partial charge in [0.1, 0.15) is 5.69 Å². The van der Waals surface area contributed by atoms with Gasteiger partial charge >= 0.3 is 0 Å². The van der Waals surface area contributed by atoms with Gasteiger partial charge in [-0.2, -0.15) is 0 Å². The number of fused-ring (bicyclic) bond motifs is 2. The average Bonchev–Trinajstić information content (AvgIpc) is 2.75. The monoisotopic (exact) mass is 349 g/mol. The normalized spacial score (nSPS) is 34.1. The zero-order chi connectivity index (χ0) is 17.9. The van der Waals surface area contributed by atoms with Gasteiger partial charge in [0.25, 0.3) is 5.91 Å².